The zero-order valence-electron chi connectivity index (χ0n) is 17.5. The first-order valence-corrected chi connectivity index (χ1v) is 10.2. The van der Waals surface area contributed by atoms with Gasteiger partial charge in [0.2, 0.25) is 0 Å². The van der Waals surface area contributed by atoms with E-state index in [0.29, 0.717) is 27.6 Å². The molecule has 0 bridgehead atoms. The van der Waals surface area contributed by atoms with Crippen LogP contribution in [0.25, 0.3) is 10.8 Å². The van der Waals surface area contributed by atoms with Gasteiger partial charge in [-0.1, -0.05) is 36.4 Å². The van der Waals surface area contributed by atoms with E-state index in [4.69, 9.17) is 4.74 Å². The van der Waals surface area contributed by atoms with Crippen molar-refractivity contribution in [2.45, 2.75) is 19.4 Å². The van der Waals surface area contributed by atoms with Crippen molar-refractivity contribution in [2.75, 3.05) is 13.7 Å². The van der Waals surface area contributed by atoms with E-state index in [-0.39, 0.29) is 37.8 Å². The lowest BCUT2D eigenvalue weighted by molar-refractivity contribution is -0.145. The highest BCUT2D eigenvalue weighted by molar-refractivity contribution is 6.25. The zero-order chi connectivity index (χ0) is 22.7. The Hall–Kier alpha value is -4.00. The third-order valence-corrected chi connectivity index (χ3v) is 5.37. The minimum Gasteiger partial charge on any atom is -0.465 e. The van der Waals surface area contributed by atoms with Crippen molar-refractivity contribution in [1.82, 2.24) is 4.90 Å². The van der Waals surface area contributed by atoms with E-state index in [2.05, 4.69) is 4.74 Å². The highest BCUT2D eigenvalue weighted by Gasteiger charge is 2.32. The number of carbonyl (C=O) groups excluding carboxylic acids is 4. The molecule has 7 nitrogen and oxygen atoms in total. The number of methoxy groups -OCH3 is 1. The molecule has 0 saturated heterocycles. The Morgan fingerprint density at radius 3 is 2.22 bits per heavy atom. The summed E-state index contributed by atoms with van der Waals surface area (Å²) < 4.78 is 9.94. The van der Waals surface area contributed by atoms with Gasteiger partial charge in [-0.2, -0.15) is 0 Å². The van der Waals surface area contributed by atoms with E-state index in [1.54, 1.807) is 48.5 Å². The average Bonchev–Trinajstić information content (AvgIpc) is 2.82. The fraction of sp³-hybridized carbons (Fsp3) is 0.200. The van der Waals surface area contributed by atoms with Gasteiger partial charge in [0.1, 0.15) is 6.61 Å². The maximum atomic E-state index is 12.9. The normalized spacial score (nSPS) is 12.7. The molecular weight excluding hydrogens is 410 g/mol. The van der Waals surface area contributed by atoms with Crippen molar-refractivity contribution in [3.8, 4) is 0 Å². The number of ether oxygens (including phenoxy) is 2. The van der Waals surface area contributed by atoms with Gasteiger partial charge >= 0.3 is 11.9 Å². The molecule has 0 fully saturated rings. The first kappa shape index (κ1) is 21.2. The second-order valence-electron chi connectivity index (χ2n) is 7.43. The highest BCUT2D eigenvalue weighted by Crippen LogP contribution is 2.30. The fourth-order valence-electron chi connectivity index (χ4n) is 3.81. The van der Waals surface area contributed by atoms with Crippen LogP contribution in [0.1, 0.15) is 49.5 Å². The second-order valence-corrected chi connectivity index (χ2v) is 7.43. The number of esters is 2. The van der Waals surface area contributed by atoms with Gasteiger partial charge in [-0.3, -0.25) is 19.3 Å². The number of amides is 2. The van der Waals surface area contributed by atoms with Crippen LogP contribution in [-0.4, -0.2) is 42.3 Å². The molecule has 1 aliphatic rings. The first-order valence-electron chi connectivity index (χ1n) is 10.2. The zero-order valence-corrected chi connectivity index (χ0v) is 17.5. The Morgan fingerprint density at radius 1 is 0.906 bits per heavy atom. The van der Waals surface area contributed by atoms with Gasteiger partial charge in [-0.15, -0.1) is 0 Å². The summed E-state index contributed by atoms with van der Waals surface area (Å²) >= 11 is 0. The SMILES string of the molecule is COC(=O)c1cccc(COC(=O)CCCN2C(=O)c3cccc4cccc(c34)C2=O)c1. The minimum absolute atomic E-state index is 0.0145. The molecule has 2 amide bonds. The van der Waals surface area contributed by atoms with Crippen LogP contribution in [0.15, 0.2) is 60.7 Å². The third kappa shape index (κ3) is 4.09. The van der Waals surface area contributed by atoms with Crippen LogP contribution in [0.3, 0.4) is 0 Å². The smallest absolute Gasteiger partial charge is 0.337 e. The molecule has 162 valence electrons. The summed E-state index contributed by atoms with van der Waals surface area (Å²) in [6.07, 6.45) is 0.344. The first-order chi connectivity index (χ1) is 15.5. The second kappa shape index (κ2) is 9.01. The third-order valence-electron chi connectivity index (χ3n) is 5.37. The molecule has 0 aliphatic carbocycles. The van der Waals surface area contributed by atoms with Gasteiger partial charge in [0.15, 0.2) is 0 Å². The molecule has 1 heterocycles. The molecular formula is C25H21NO6. The van der Waals surface area contributed by atoms with E-state index in [9.17, 15) is 19.2 Å². The van der Waals surface area contributed by atoms with E-state index in [1.807, 2.05) is 12.1 Å². The van der Waals surface area contributed by atoms with E-state index in [1.165, 1.54) is 12.0 Å². The number of hydrogen-bond acceptors (Lipinski definition) is 6. The Labute approximate surface area is 184 Å². The maximum Gasteiger partial charge on any atom is 0.337 e. The summed E-state index contributed by atoms with van der Waals surface area (Å²) in [6, 6.07) is 17.4. The topological polar surface area (TPSA) is 90.0 Å². The predicted octanol–water partition coefficient (Wildman–Crippen LogP) is 3.75. The lowest BCUT2D eigenvalue weighted by Crippen LogP contribution is -2.41. The van der Waals surface area contributed by atoms with Crippen LogP contribution in [0, 0.1) is 0 Å². The van der Waals surface area contributed by atoms with Crippen molar-refractivity contribution in [1.29, 1.82) is 0 Å². The lowest BCUT2D eigenvalue weighted by atomic mass is 9.94. The largest absolute Gasteiger partial charge is 0.465 e. The maximum absolute atomic E-state index is 12.9. The van der Waals surface area contributed by atoms with E-state index >= 15 is 0 Å². The van der Waals surface area contributed by atoms with Gasteiger partial charge < -0.3 is 9.47 Å². The summed E-state index contributed by atoms with van der Waals surface area (Å²) in [7, 11) is 1.30. The molecule has 7 heteroatoms. The minimum atomic E-state index is -0.466. The van der Waals surface area contributed by atoms with Gasteiger partial charge in [-0.25, -0.2) is 4.79 Å². The van der Waals surface area contributed by atoms with Crippen LogP contribution >= 0.6 is 0 Å². The Bertz CT molecular complexity index is 1180. The van der Waals surface area contributed by atoms with Gasteiger partial charge in [0.25, 0.3) is 11.8 Å². The highest BCUT2D eigenvalue weighted by atomic mass is 16.5. The number of rotatable bonds is 7. The standard InChI is InChI=1S/C25H21NO6/c1-31-25(30)18-9-2-6-16(14-18)15-32-21(27)12-5-13-26-23(28)19-10-3-7-17-8-4-11-20(22(17)19)24(26)29/h2-4,6-11,14H,5,12-13,15H2,1H3. The summed E-state index contributed by atoms with van der Waals surface area (Å²) in [5.74, 6) is -1.63. The van der Waals surface area contributed by atoms with Crippen LogP contribution in [-0.2, 0) is 20.9 Å². The van der Waals surface area contributed by atoms with E-state index < -0.39 is 11.9 Å². The average molecular weight is 431 g/mol. The Balaban J connectivity index is 1.34. The molecule has 0 spiro atoms. The number of imide groups is 1. The van der Waals surface area contributed by atoms with Crippen LogP contribution in [0.2, 0.25) is 0 Å². The molecule has 0 saturated carbocycles. The van der Waals surface area contributed by atoms with E-state index in [0.717, 1.165) is 5.39 Å². The molecule has 0 atom stereocenters. The summed E-state index contributed by atoms with van der Waals surface area (Å²) in [6.45, 7) is 0.135. The van der Waals surface area contributed by atoms with Gasteiger partial charge in [0.05, 0.1) is 12.7 Å². The van der Waals surface area contributed by atoms with Crippen LogP contribution in [0.5, 0.6) is 0 Å². The van der Waals surface area contributed by atoms with Gasteiger partial charge in [0, 0.05) is 29.5 Å². The van der Waals surface area contributed by atoms with Crippen molar-refractivity contribution < 1.29 is 28.7 Å². The summed E-state index contributed by atoms with van der Waals surface area (Å²) in [5, 5.41) is 1.52. The molecule has 3 aromatic rings. The van der Waals surface area contributed by atoms with Crippen molar-refractivity contribution in [3.63, 3.8) is 0 Å². The molecule has 3 aromatic carbocycles. The molecule has 0 N–H and O–H groups in total. The molecule has 32 heavy (non-hydrogen) atoms. The Morgan fingerprint density at radius 2 is 1.56 bits per heavy atom. The number of carbonyl (C=O) groups is 4. The molecule has 0 radical (unpaired) electrons. The van der Waals surface area contributed by atoms with Crippen molar-refractivity contribution >= 4 is 34.5 Å². The molecule has 0 aromatic heterocycles. The van der Waals surface area contributed by atoms with Crippen molar-refractivity contribution in [3.05, 3.63) is 82.9 Å². The fourth-order valence-corrected chi connectivity index (χ4v) is 3.81. The van der Waals surface area contributed by atoms with Crippen LogP contribution < -0.4 is 0 Å². The summed E-state index contributed by atoms with van der Waals surface area (Å²) in [4.78, 5) is 50.7. The lowest BCUT2D eigenvalue weighted by Gasteiger charge is -2.27. The van der Waals surface area contributed by atoms with Gasteiger partial charge in [-0.05, 0) is 41.6 Å². The molecule has 0 unspecified atom stereocenters. The monoisotopic (exact) mass is 431 g/mol. The van der Waals surface area contributed by atoms with Crippen LogP contribution in [0.4, 0.5) is 0 Å². The molecule has 1 aliphatic heterocycles. The number of nitrogens with zero attached hydrogens (tertiary/aromatic N) is 1. The Kier molecular flexibility index (Phi) is 5.98. The molecule has 4 rings (SSSR count). The number of hydrogen-bond donors (Lipinski definition) is 0. The quantitative estimate of drug-likeness (QED) is 0.418. The number of benzene rings is 3. The predicted molar refractivity (Wildman–Crippen MR) is 116 cm³/mol. The summed E-state index contributed by atoms with van der Waals surface area (Å²) in [5.41, 5.74) is 2.02. The van der Waals surface area contributed by atoms with Crippen molar-refractivity contribution in [2.24, 2.45) is 0 Å².